The standard InChI is InChI=1S/C22H37N4O6P.C21H26N2O6.C20H23N5O6.C20H25N3O6.C13H20N2O5.6CH4.Na.H2O/c1-9-29-19-17(7)18(32-21(19)25-12-16(6)20(27)24-22(25)28)13-31-33(30-11-10-23-8)26(14(2)3)15(4)5;1-5-27-17-14(4)16(11-28-20(25)15-8-6-12(2)7-9-15)29-19(17)23-10-13(3)18(24)22-21(23)26;1-4-29-16-15(23-24-21)14(10-30-19(27)13-7-5-11(2)6-8-13)31-18(16)25-9-12(3)17(26)22-20(25)28;1-4-27-16-15(21)14(10-28-19(25)13-7-5-11(2)6-8-13)29-18(16)23-9-12(3)17(24)22-20(23)26;1-4-19-10-8(3)9(6-16)20-12(10)15-5-7(2)11(17)14-13(15)18;;;;;;;;/h12,14-15,17-19,21H,9-11,13H2,1-7H3,(H,24,27,28);6-10,14,16-17,19H,5,11H2,1-4H3,(H,22,24,26);5-9,14-16,18H,4,10H2,1-3H3,(H,22,26,28);5-9,14-16,18H,4,10,21H2,1-3H3,(H,22,24,26);5,8-10,12,16H,4,6H2,1-3H3,(H,14,17,18);6*1H4;;1H2/q;;;;;;;;;;;+1;/p-1/t17-,18-,19-,21-,33?;14-,16-,17-,19-;2*14-,15-,16-,18-;8-,9-,10-,12-;;;;;;;;/m11111......../s1. The average molecular weight is 2140 g/mol. The molecule has 0 saturated carbocycles. The van der Waals surface area contributed by atoms with Gasteiger partial charge in [0.25, 0.3) is 36.3 Å². The number of aryl methyl sites for hydroxylation is 8. The van der Waals surface area contributed by atoms with Crippen molar-refractivity contribution in [2.24, 2.45) is 28.6 Å². The van der Waals surface area contributed by atoms with E-state index in [0.29, 0.717) is 77.5 Å². The van der Waals surface area contributed by atoms with Crippen LogP contribution in [0.15, 0.2) is 157 Å². The SMILES string of the molecule is C.C.C.C.C.C.CCO[C@@H]1[C@H](C)[C@@H](CO)O[C@H]1n1cc(C)c(=O)[nH]c1=O.CCO[C@@H]1[C@H](C)[C@@H](COC(=O)c2ccc(C)cc2)O[C@H]1n1cc(C)c(=O)[nH]c1=O.CCO[C@@H]1[C@H](N)[C@@H](COC(=O)c2ccc(C)cc2)O[C@H]1n1cc(C)c(=O)[nH]c1=O.CCO[C@@H]1[C@H](N=[N+]=[N-])[C@@H](COC(=O)c2ccc(C)cc2)O[C@H]1n1cc(C)c(=O)[nH]c1=O.[C-]#[N+]CCOP(OC[C@H]1O[C@@H](n2cc(C)c(=O)[nH]c2=O)[C@H](OCC)[C@@H]1C)N(C(C)C)C(C)C.[Na+].[OH-]. The van der Waals surface area contributed by atoms with Crippen LogP contribution in [0.2, 0.25) is 0 Å². The smallest absolute Gasteiger partial charge is 0.870 e. The molecule has 0 aliphatic carbocycles. The summed E-state index contributed by atoms with van der Waals surface area (Å²) in [4.78, 5) is 174. The predicted molar refractivity (Wildman–Crippen MR) is 562 cm³/mol. The maximum Gasteiger partial charge on any atom is 1.00 e. The van der Waals surface area contributed by atoms with Gasteiger partial charge in [-0.3, -0.25) is 71.7 Å². The van der Waals surface area contributed by atoms with Crippen LogP contribution in [0.5, 0.6) is 0 Å². The summed E-state index contributed by atoms with van der Waals surface area (Å²) in [5.74, 6) is -1.74. The third-order valence-electron chi connectivity index (χ3n) is 24.1. The number of ether oxygens (including phenoxy) is 13. The van der Waals surface area contributed by atoms with E-state index < -0.39 is 169 Å². The van der Waals surface area contributed by atoms with Crippen molar-refractivity contribution in [1.29, 1.82) is 0 Å². The number of esters is 3. The van der Waals surface area contributed by atoms with Crippen molar-refractivity contribution < 1.29 is 125 Å². The number of aliphatic hydroxyl groups excluding tert-OH is 1. The maximum atomic E-state index is 12.5. The molecule has 150 heavy (non-hydrogen) atoms. The zero-order chi connectivity index (χ0) is 104. The van der Waals surface area contributed by atoms with Crippen LogP contribution >= 0.6 is 8.53 Å². The van der Waals surface area contributed by atoms with Gasteiger partial charge < -0.3 is 91.8 Å². The van der Waals surface area contributed by atoms with Crippen LogP contribution < -0.4 is 91.5 Å². The van der Waals surface area contributed by atoms with Crippen molar-refractivity contribution in [3.8, 4) is 0 Å². The summed E-state index contributed by atoms with van der Waals surface area (Å²) in [6.45, 7) is 46.5. The second-order valence-corrected chi connectivity index (χ2v) is 36.5. The number of carbonyl (C=O) groups excluding carboxylic acids is 3. The quantitative estimate of drug-likeness (QED) is 0.00227. The normalized spacial score (nSPS) is 23.2. The minimum absolute atomic E-state index is 0. The number of hydrogen-bond donors (Lipinski definition) is 7. The second kappa shape index (κ2) is 64.8. The average Bonchev–Trinajstić information content (AvgIpc) is 1.64. The van der Waals surface area contributed by atoms with E-state index in [2.05, 4.69) is 72.2 Å². The second-order valence-electron chi connectivity index (χ2n) is 35.1. The van der Waals surface area contributed by atoms with Crippen molar-refractivity contribution in [3.05, 3.63) is 291 Å². The number of nitrogens with two attached hydrogens (primary N) is 1. The minimum Gasteiger partial charge on any atom is -0.870 e. The van der Waals surface area contributed by atoms with E-state index in [1.54, 1.807) is 97.0 Å². The van der Waals surface area contributed by atoms with Crippen LogP contribution in [0.25, 0.3) is 15.3 Å². The molecule has 46 nitrogen and oxygen atoms in total. The first-order valence-corrected chi connectivity index (χ1v) is 48.0. The molecule has 5 aromatic heterocycles. The molecular formula is C102H156N16NaO30P. The topological polar surface area (TPSA) is 597 Å². The Labute approximate surface area is 897 Å². The van der Waals surface area contributed by atoms with Gasteiger partial charge in [0.1, 0.15) is 69.2 Å². The van der Waals surface area contributed by atoms with Gasteiger partial charge in [-0.25, -0.2) is 49.6 Å². The molecule has 0 spiro atoms. The Hall–Kier alpha value is -10.9. The van der Waals surface area contributed by atoms with Crippen molar-refractivity contribution in [2.75, 3.05) is 79.2 Å². The summed E-state index contributed by atoms with van der Waals surface area (Å²) in [5.41, 5.74) is 16.3. The molecular weight excluding hydrogens is 1980 g/mol. The third kappa shape index (κ3) is 35.3. The first-order chi connectivity index (χ1) is 67.6. The number of aliphatic hydroxyl groups is 1. The molecule has 0 bridgehead atoms. The van der Waals surface area contributed by atoms with Crippen LogP contribution in [0.1, 0.15) is 234 Å². The van der Waals surface area contributed by atoms with Crippen LogP contribution in [0.4, 0.5) is 0 Å². The van der Waals surface area contributed by atoms with Gasteiger partial charge in [-0.15, -0.1) is 0 Å². The minimum atomic E-state index is -1.40. The van der Waals surface area contributed by atoms with Gasteiger partial charge >= 0.3 is 75.9 Å². The summed E-state index contributed by atoms with van der Waals surface area (Å²) in [7, 11) is -1.40. The zero-order valence-corrected chi connectivity index (χ0v) is 87.7. The van der Waals surface area contributed by atoms with E-state index in [9.17, 15) is 67.4 Å². The summed E-state index contributed by atoms with van der Waals surface area (Å²) in [6.07, 6.45) is -2.05. The molecule has 21 atom stereocenters. The van der Waals surface area contributed by atoms with Gasteiger partial charge in [0, 0.05) is 127 Å². The number of H-pyrrole nitrogens is 5. The van der Waals surface area contributed by atoms with Crippen molar-refractivity contribution in [1.82, 2.24) is 52.4 Å². The molecule has 5 aliphatic heterocycles. The number of aromatic nitrogens is 10. The van der Waals surface area contributed by atoms with Gasteiger partial charge in [-0.05, 0) is 160 Å². The molecule has 8 aromatic rings. The molecule has 5 saturated heterocycles. The van der Waals surface area contributed by atoms with Gasteiger partial charge in [-0.2, -0.15) is 0 Å². The van der Waals surface area contributed by atoms with Crippen LogP contribution in [-0.2, 0) is 70.6 Å². The van der Waals surface area contributed by atoms with Crippen LogP contribution in [-0.4, -0.2) is 245 Å². The first kappa shape index (κ1) is 137. The van der Waals surface area contributed by atoms with Crippen molar-refractivity contribution in [2.45, 2.75) is 299 Å². The summed E-state index contributed by atoms with van der Waals surface area (Å²) in [6, 6.07) is 19.9. The van der Waals surface area contributed by atoms with Gasteiger partial charge in [0.05, 0.1) is 60.3 Å². The Morgan fingerprint density at radius 3 is 0.987 bits per heavy atom. The van der Waals surface area contributed by atoms with Gasteiger partial charge in [0.2, 0.25) is 6.54 Å². The Kier molecular flexibility index (Phi) is 59.2. The fourth-order valence-electron chi connectivity index (χ4n) is 16.4. The summed E-state index contributed by atoms with van der Waals surface area (Å²) >= 11 is 0. The number of benzene rings is 3. The Balaban J connectivity index is 0.000000931. The zero-order valence-electron chi connectivity index (χ0n) is 84.8. The number of aromatic amines is 5. The molecule has 3 aromatic carbocycles. The number of hydrogen-bond acceptors (Lipinski definition) is 33. The Morgan fingerprint density at radius 1 is 0.427 bits per heavy atom. The van der Waals surface area contributed by atoms with Crippen LogP contribution in [0, 0.1) is 79.7 Å². The number of nitrogens with zero attached hydrogens (tertiary/aromatic N) is 10. The molecule has 5 aliphatic rings. The van der Waals surface area contributed by atoms with E-state index in [0.717, 1.165) is 16.7 Å². The largest absolute Gasteiger partial charge is 1.00 e. The van der Waals surface area contributed by atoms with E-state index in [-0.39, 0.29) is 174 Å². The number of azide groups is 1. The number of carbonyl (C=O) groups is 3. The van der Waals surface area contributed by atoms with Gasteiger partial charge in [-0.1, -0.05) is 124 Å². The molecule has 10 heterocycles. The van der Waals surface area contributed by atoms with Crippen LogP contribution in [0.3, 0.4) is 0 Å². The molecule has 5 fully saturated rings. The fraction of sp³-hybridized carbons (Fsp3) is 0.588. The molecule has 0 amide bonds. The van der Waals surface area contributed by atoms with Crippen molar-refractivity contribution in [3.63, 3.8) is 0 Å². The van der Waals surface area contributed by atoms with E-state index in [1.165, 1.54) is 53.8 Å². The molecule has 9 N–H and O–H groups in total. The first-order valence-electron chi connectivity index (χ1n) is 46.8. The Morgan fingerprint density at radius 2 is 0.687 bits per heavy atom. The Bertz CT molecular complexity index is 6130. The molecule has 1 unspecified atom stereocenters. The van der Waals surface area contributed by atoms with Crippen molar-refractivity contribution >= 4 is 26.4 Å². The van der Waals surface area contributed by atoms with E-state index in [1.807, 2.05) is 86.6 Å². The monoisotopic (exact) mass is 2140 g/mol. The predicted octanol–water partition coefficient (Wildman–Crippen LogP) is 8.08. The number of nitrogens with one attached hydrogen (secondary N) is 5. The van der Waals surface area contributed by atoms with E-state index in [4.69, 9.17) is 88.5 Å². The molecule has 13 rings (SSSR count). The number of rotatable bonds is 35. The fourth-order valence-corrected chi connectivity index (χ4v) is 18.0. The summed E-state index contributed by atoms with van der Waals surface area (Å²) < 4.78 is 95.7. The summed E-state index contributed by atoms with van der Waals surface area (Å²) in [5, 5.41) is 13.1. The molecule has 830 valence electrons. The molecule has 48 heteroatoms. The van der Waals surface area contributed by atoms with Gasteiger partial charge in [0.15, 0.2) is 31.1 Å². The maximum absolute atomic E-state index is 12.5. The third-order valence-corrected chi connectivity index (χ3v) is 26.2. The van der Waals surface area contributed by atoms with E-state index >= 15 is 0 Å². The molecule has 0 radical (unpaired) electrons.